The van der Waals surface area contributed by atoms with E-state index in [9.17, 15) is 9.90 Å². The third-order valence-electron chi connectivity index (χ3n) is 5.97. The maximum atomic E-state index is 13.2. The van der Waals surface area contributed by atoms with Crippen LogP contribution in [0.5, 0.6) is 11.5 Å². The first-order valence-corrected chi connectivity index (χ1v) is 12.5. The van der Waals surface area contributed by atoms with Crippen LogP contribution in [0.3, 0.4) is 0 Å². The summed E-state index contributed by atoms with van der Waals surface area (Å²) in [4.78, 5) is 14.9. The molecule has 1 aliphatic heterocycles. The average molecular weight is 411 g/mol. The zero-order valence-electron chi connectivity index (χ0n) is 18.0. The molecule has 1 saturated heterocycles. The normalized spacial score (nSPS) is 20.4. The van der Waals surface area contributed by atoms with Crippen LogP contribution in [-0.4, -0.2) is 63.7 Å². The number of nitrogens with zero attached hydrogens (tertiary/aromatic N) is 1. The third-order valence-corrected chi connectivity index (χ3v) is 10.5. The van der Waals surface area contributed by atoms with Crippen LogP contribution in [-0.2, 0) is 4.43 Å². The van der Waals surface area contributed by atoms with E-state index in [4.69, 9.17) is 19.6 Å². The number of anilines is 1. The number of nitrogen functional groups attached to an aromatic ring is 1. The first kappa shape index (κ1) is 22.5. The van der Waals surface area contributed by atoms with Crippen LogP contribution in [0, 0.1) is 0 Å². The summed E-state index contributed by atoms with van der Waals surface area (Å²) < 4.78 is 17.0. The molecular formula is C20H34N2O5Si. The van der Waals surface area contributed by atoms with Gasteiger partial charge < -0.3 is 29.6 Å². The Kier molecular flexibility index (Phi) is 6.68. The van der Waals surface area contributed by atoms with Gasteiger partial charge in [0.25, 0.3) is 5.91 Å². The van der Waals surface area contributed by atoms with E-state index in [1.54, 1.807) is 17.0 Å². The lowest BCUT2D eigenvalue weighted by atomic mass is 10.1. The maximum Gasteiger partial charge on any atom is 0.256 e. The van der Waals surface area contributed by atoms with Crippen molar-refractivity contribution in [2.24, 2.45) is 0 Å². The first-order chi connectivity index (χ1) is 13.0. The number of rotatable bonds is 6. The molecule has 0 radical (unpaired) electrons. The minimum absolute atomic E-state index is 0.0538. The van der Waals surface area contributed by atoms with Crippen molar-refractivity contribution < 1.29 is 23.8 Å². The van der Waals surface area contributed by atoms with Gasteiger partial charge in [-0.25, -0.2) is 0 Å². The Balaban J connectivity index is 2.28. The molecule has 158 valence electrons. The van der Waals surface area contributed by atoms with Crippen LogP contribution >= 0.6 is 0 Å². The first-order valence-electron chi connectivity index (χ1n) is 9.58. The van der Waals surface area contributed by atoms with Crippen molar-refractivity contribution in [1.82, 2.24) is 4.90 Å². The highest BCUT2D eigenvalue weighted by Crippen LogP contribution is 2.40. The zero-order valence-corrected chi connectivity index (χ0v) is 19.0. The van der Waals surface area contributed by atoms with Gasteiger partial charge in [-0.3, -0.25) is 4.79 Å². The molecule has 0 saturated carbocycles. The van der Waals surface area contributed by atoms with Crippen molar-refractivity contribution in [2.75, 3.05) is 33.1 Å². The number of likely N-dealkylation sites (tertiary alicyclic amines) is 1. The molecule has 1 heterocycles. The summed E-state index contributed by atoms with van der Waals surface area (Å²) in [5.74, 6) is 0.670. The zero-order chi connectivity index (χ0) is 21.3. The quantitative estimate of drug-likeness (QED) is 0.553. The van der Waals surface area contributed by atoms with Crippen molar-refractivity contribution in [2.45, 2.75) is 57.5 Å². The Morgan fingerprint density at radius 3 is 2.32 bits per heavy atom. The minimum Gasteiger partial charge on any atom is -0.493 e. The predicted octanol–water partition coefficient (Wildman–Crippen LogP) is 2.88. The Labute approximate surface area is 168 Å². The fourth-order valence-corrected chi connectivity index (χ4v) is 4.61. The number of nitrogens with two attached hydrogens (primary N) is 1. The van der Waals surface area contributed by atoms with Gasteiger partial charge in [0.1, 0.15) is 0 Å². The second-order valence-corrected chi connectivity index (χ2v) is 13.5. The van der Waals surface area contributed by atoms with E-state index >= 15 is 0 Å². The number of carbonyl (C=O) groups is 1. The lowest BCUT2D eigenvalue weighted by Gasteiger charge is -2.40. The van der Waals surface area contributed by atoms with E-state index in [2.05, 4.69) is 33.9 Å². The Bertz CT molecular complexity index is 717. The Morgan fingerprint density at radius 1 is 1.25 bits per heavy atom. The summed E-state index contributed by atoms with van der Waals surface area (Å²) in [5, 5.41) is 10.1. The summed E-state index contributed by atoms with van der Waals surface area (Å²) in [5.41, 5.74) is 6.75. The summed E-state index contributed by atoms with van der Waals surface area (Å²) >= 11 is 0. The molecule has 8 heteroatoms. The monoisotopic (exact) mass is 410 g/mol. The van der Waals surface area contributed by atoms with E-state index in [1.807, 2.05) is 0 Å². The Morgan fingerprint density at radius 2 is 1.82 bits per heavy atom. The highest BCUT2D eigenvalue weighted by atomic mass is 28.4. The van der Waals surface area contributed by atoms with Gasteiger partial charge in [-0.1, -0.05) is 20.8 Å². The van der Waals surface area contributed by atoms with Crippen molar-refractivity contribution in [3.63, 3.8) is 0 Å². The van der Waals surface area contributed by atoms with Gasteiger partial charge in [0.15, 0.2) is 19.8 Å². The SMILES string of the molecule is COc1cc(N)c(C(=O)N2CCC(O[Si](C)(C)C(C)(C)C)[C@H]2CO)cc1OC. The molecule has 2 atom stereocenters. The molecular weight excluding hydrogens is 376 g/mol. The molecule has 7 nitrogen and oxygen atoms in total. The molecule has 1 fully saturated rings. The summed E-state index contributed by atoms with van der Waals surface area (Å²) in [6, 6.07) is 2.78. The number of aliphatic hydroxyl groups excluding tert-OH is 1. The van der Waals surface area contributed by atoms with Gasteiger partial charge in [0.05, 0.1) is 38.5 Å². The maximum absolute atomic E-state index is 13.2. The van der Waals surface area contributed by atoms with E-state index in [0.29, 0.717) is 35.7 Å². The molecule has 1 aromatic carbocycles. The number of hydrogen-bond donors (Lipinski definition) is 2. The molecule has 1 aromatic rings. The van der Waals surface area contributed by atoms with Crippen LogP contribution in [0.2, 0.25) is 18.1 Å². The minimum atomic E-state index is -2.02. The fourth-order valence-electron chi connectivity index (χ4n) is 3.22. The van der Waals surface area contributed by atoms with Gasteiger partial charge in [0.2, 0.25) is 0 Å². The molecule has 28 heavy (non-hydrogen) atoms. The highest BCUT2D eigenvalue weighted by molar-refractivity contribution is 6.74. The van der Waals surface area contributed by atoms with Crippen molar-refractivity contribution in [3.8, 4) is 11.5 Å². The van der Waals surface area contributed by atoms with Crippen molar-refractivity contribution in [3.05, 3.63) is 17.7 Å². The van der Waals surface area contributed by atoms with Gasteiger partial charge in [0, 0.05) is 18.3 Å². The van der Waals surface area contributed by atoms with Crippen LogP contribution in [0.15, 0.2) is 12.1 Å². The number of ether oxygens (including phenoxy) is 2. The summed E-state index contributed by atoms with van der Waals surface area (Å²) in [6.45, 7) is 11.2. The number of hydrogen-bond acceptors (Lipinski definition) is 6. The molecule has 1 amide bonds. The third kappa shape index (κ3) is 4.29. The highest BCUT2D eigenvalue weighted by Gasteiger charge is 2.45. The molecule has 1 aliphatic rings. The number of benzene rings is 1. The van der Waals surface area contributed by atoms with E-state index in [0.717, 1.165) is 0 Å². The molecule has 3 N–H and O–H groups in total. The molecule has 0 spiro atoms. The van der Waals surface area contributed by atoms with Gasteiger partial charge >= 0.3 is 0 Å². The van der Waals surface area contributed by atoms with E-state index < -0.39 is 14.4 Å². The number of amides is 1. The topological polar surface area (TPSA) is 94.3 Å². The standard InChI is InChI=1S/C20H34N2O5Si/c1-20(2,3)28(6,7)27-16-8-9-22(15(16)12-23)19(24)13-10-17(25-4)18(26-5)11-14(13)21/h10-11,15-16,23H,8-9,12,21H2,1-7H3/t15-,16?/m1/s1. The van der Waals surface area contributed by atoms with E-state index in [1.165, 1.54) is 14.2 Å². The molecule has 0 aromatic heterocycles. The van der Waals surface area contributed by atoms with Gasteiger partial charge in [-0.15, -0.1) is 0 Å². The summed E-state index contributed by atoms with van der Waals surface area (Å²) in [7, 11) is 1.01. The fraction of sp³-hybridized carbons (Fsp3) is 0.650. The average Bonchev–Trinajstić information content (AvgIpc) is 3.01. The summed E-state index contributed by atoms with van der Waals surface area (Å²) in [6.07, 6.45) is 0.507. The lowest BCUT2D eigenvalue weighted by Crippen LogP contribution is -2.49. The lowest BCUT2D eigenvalue weighted by molar-refractivity contribution is 0.0519. The molecule has 1 unspecified atom stereocenters. The number of carbonyl (C=O) groups excluding carboxylic acids is 1. The molecule has 0 bridgehead atoms. The number of methoxy groups -OCH3 is 2. The second kappa shape index (κ2) is 8.30. The van der Waals surface area contributed by atoms with Crippen molar-refractivity contribution in [1.29, 1.82) is 0 Å². The van der Waals surface area contributed by atoms with E-state index in [-0.39, 0.29) is 23.7 Å². The smallest absolute Gasteiger partial charge is 0.256 e. The largest absolute Gasteiger partial charge is 0.493 e. The molecule has 2 rings (SSSR count). The van der Waals surface area contributed by atoms with Crippen LogP contribution in [0.25, 0.3) is 0 Å². The van der Waals surface area contributed by atoms with Crippen LogP contribution < -0.4 is 15.2 Å². The van der Waals surface area contributed by atoms with Crippen LogP contribution in [0.4, 0.5) is 5.69 Å². The Hall–Kier alpha value is -1.77. The van der Waals surface area contributed by atoms with Crippen molar-refractivity contribution >= 4 is 19.9 Å². The second-order valence-electron chi connectivity index (χ2n) is 8.75. The van der Waals surface area contributed by atoms with Crippen LogP contribution in [0.1, 0.15) is 37.6 Å². The van der Waals surface area contributed by atoms with Gasteiger partial charge in [-0.2, -0.15) is 0 Å². The van der Waals surface area contributed by atoms with Gasteiger partial charge in [-0.05, 0) is 30.6 Å². The molecule has 0 aliphatic carbocycles. The number of aliphatic hydroxyl groups is 1. The predicted molar refractivity (Wildman–Crippen MR) is 113 cm³/mol.